The molecular formula is C17H17FN2O5S. The van der Waals surface area contributed by atoms with Crippen molar-refractivity contribution in [2.75, 3.05) is 7.11 Å². The maximum absolute atomic E-state index is 13.1. The first-order valence-electron chi connectivity index (χ1n) is 7.91. The third kappa shape index (κ3) is 3.68. The lowest BCUT2D eigenvalue weighted by atomic mass is 10.2. The first kappa shape index (κ1) is 18.3. The Bertz CT molecular complexity index is 927. The molecule has 0 saturated heterocycles. The molecule has 9 heteroatoms. The summed E-state index contributed by atoms with van der Waals surface area (Å²) in [7, 11) is -2.67. The van der Waals surface area contributed by atoms with Crippen molar-refractivity contribution in [2.24, 2.45) is 0 Å². The molecule has 0 aliphatic heterocycles. The van der Waals surface area contributed by atoms with Gasteiger partial charge in [0.05, 0.1) is 16.9 Å². The highest BCUT2D eigenvalue weighted by Crippen LogP contribution is 2.36. The molecule has 0 atom stereocenters. The fraction of sp³-hybridized carbons (Fsp3) is 0.294. The van der Waals surface area contributed by atoms with Gasteiger partial charge in [-0.15, -0.1) is 0 Å². The molecule has 2 aromatic carbocycles. The van der Waals surface area contributed by atoms with E-state index >= 15 is 0 Å². The molecule has 138 valence electrons. The van der Waals surface area contributed by atoms with Crippen LogP contribution < -0.4 is 4.74 Å². The topological polar surface area (TPSA) is 89.8 Å². The second-order valence-electron chi connectivity index (χ2n) is 6.00. The molecule has 2 aromatic rings. The van der Waals surface area contributed by atoms with E-state index in [1.165, 1.54) is 47.8 Å². The number of hydrogen-bond acceptors (Lipinski definition) is 5. The number of nitro benzene ring substituents is 1. The summed E-state index contributed by atoms with van der Waals surface area (Å²) in [5, 5.41) is 11.2. The standard InChI is InChI=1S/C17H17FN2O5S/c1-25-17-9-8-15(10-16(17)20(21)22)26(23,24)19(14-6-7-14)11-12-2-4-13(18)5-3-12/h2-5,8-10,14H,6-7,11H2,1H3. The van der Waals surface area contributed by atoms with Crippen molar-refractivity contribution in [1.82, 2.24) is 4.31 Å². The summed E-state index contributed by atoms with van der Waals surface area (Å²) < 4.78 is 45.4. The molecule has 0 bridgehead atoms. The van der Waals surface area contributed by atoms with E-state index in [4.69, 9.17) is 4.74 Å². The van der Waals surface area contributed by atoms with Crippen molar-refractivity contribution in [2.45, 2.75) is 30.3 Å². The van der Waals surface area contributed by atoms with Gasteiger partial charge in [-0.25, -0.2) is 12.8 Å². The van der Waals surface area contributed by atoms with Gasteiger partial charge in [0.1, 0.15) is 5.82 Å². The van der Waals surface area contributed by atoms with Crippen molar-refractivity contribution < 1.29 is 22.5 Å². The number of hydrogen-bond donors (Lipinski definition) is 0. The van der Waals surface area contributed by atoms with Crippen molar-refractivity contribution in [3.8, 4) is 5.75 Å². The van der Waals surface area contributed by atoms with E-state index in [1.54, 1.807) is 0 Å². The molecular weight excluding hydrogens is 363 g/mol. The van der Waals surface area contributed by atoms with E-state index in [0.29, 0.717) is 5.56 Å². The Balaban J connectivity index is 1.97. The van der Waals surface area contributed by atoms with Gasteiger partial charge < -0.3 is 4.74 Å². The largest absolute Gasteiger partial charge is 0.490 e. The number of benzene rings is 2. The summed E-state index contributed by atoms with van der Waals surface area (Å²) in [6, 6.07) is 9.00. The Labute approximate surface area is 150 Å². The fourth-order valence-corrected chi connectivity index (χ4v) is 4.34. The fourth-order valence-electron chi connectivity index (χ4n) is 2.65. The summed E-state index contributed by atoms with van der Waals surface area (Å²) in [5.74, 6) is -0.411. The van der Waals surface area contributed by atoms with E-state index in [1.807, 2.05) is 0 Å². The molecule has 3 rings (SSSR count). The molecule has 0 radical (unpaired) electrons. The second-order valence-corrected chi connectivity index (χ2v) is 7.89. The average Bonchev–Trinajstić information content (AvgIpc) is 3.45. The van der Waals surface area contributed by atoms with E-state index in [-0.39, 0.29) is 23.2 Å². The number of sulfonamides is 1. The summed E-state index contributed by atoms with van der Waals surface area (Å²) >= 11 is 0. The van der Waals surface area contributed by atoms with Crippen LogP contribution in [0, 0.1) is 15.9 Å². The van der Waals surface area contributed by atoms with Gasteiger partial charge >= 0.3 is 5.69 Å². The number of nitro groups is 1. The third-order valence-electron chi connectivity index (χ3n) is 4.16. The van der Waals surface area contributed by atoms with Crippen LogP contribution in [0.4, 0.5) is 10.1 Å². The molecule has 0 heterocycles. The molecule has 0 spiro atoms. The van der Waals surface area contributed by atoms with Crippen molar-refractivity contribution in [1.29, 1.82) is 0 Å². The molecule has 0 N–H and O–H groups in total. The molecule has 1 aliphatic rings. The average molecular weight is 380 g/mol. The molecule has 1 saturated carbocycles. The highest BCUT2D eigenvalue weighted by atomic mass is 32.2. The van der Waals surface area contributed by atoms with Crippen LogP contribution in [-0.2, 0) is 16.6 Å². The summed E-state index contributed by atoms with van der Waals surface area (Å²) in [6.45, 7) is 0.0765. The van der Waals surface area contributed by atoms with E-state index in [9.17, 15) is 22.9 Å². The van der Waals surface area contributed by atoms with Crippen LogP contribution in [0.5, 0.6) is 5.75 Å². The number of rotatable bonds is 7. The van der Waals surface area contributed by atoms with Crippen molar-refractivity contribution >= 4 is 15.7 Å². The lowest BCUT2D eigenvalue weighted by molar-refractivity contribution is -0.386. The first-order chi connectivity index (χ1) is 12.3. The lowest BCUT2D eigenvalue weighted by Gasteiger charge is -2.22. The first-order valence-corrected chi connectivity index (χ1v) is 9.35. The Kier molecular flexibility index (Phi) is 4.92. The van der Waals surface area contributed by atoms with Gasteiger partial charge in [0.15, 0.2) is 5.75 Å². The molecule has 1 fully saturated rings. The summed E-state index contributed by atoms with van der Waals surface area (Å²) in [5.41, 5.74) is 0.232. The summed E-state index contributed by atoms with van der Waals surface area (Å²) in [6.07, 6.45) is 1.44. The zero-order valence-corrected chi connectivity index (χ0v) is 14.8. The highest BCUT2D eigenvalue weighted by molar-refractivity contribution is 7.89. The normalized spacial score (nSPS) is 14.4. The minimum Gasteiger partial charge on any atom is -0.490 e. The van der Waals surface area contributed by atoms with Gasteiger partial charge in [-0.2, -0.15) is 4.31 Å². The van der Waals surface area contributed by atoms with Crippen molar-refractivity contribution in [3.63, 3.8) is 0 Å². The van der Waals surface area contributed by atoms with Crippen LogP contribution in [0.25, 0.3) is 0 Å². The predicted molar refractivity (Wildman–Crippen MR) is 91.8 cm³/mol. The molecule has 0 amide bonds. The van der Waals surface area contributed by atoms with E-state index < -0.39 is 26.5 Å². The predicted octanol–water partition coefficient (Wildman–Crippen LogP) is 3.10. The molecule has 26 heavy (non-hydrogen) atoms. The van der Waals surface area contributed by atoms with Crippen LogP contribution in [-0.4, -0.2) is 30.8 Å². The monoisotopic (exact) mass is 380 g/mol. The van der Waals surface area contributed by atoms with E-state index in [2.05, 4.69) is 0 Å². The number of methoxy groups -OCH3 is 1. The minimum absolute atomic E-state index is 0.00884. The molecule has 0 aromatic heterocycles. The van der Waals surface area contributed by atoms with Crippen LogP contribution in [0.2, 0.25) is 0 Å². The van der Waals surface area contributed by atoms with Crippen LogP contribution >= 0.6 is 0 Å². The zero-order valence-electron chi connectivity index (χ0n) is 14.0. The van der Waals surface area contributed by atoms with Crippen LogP contribution in [0.15, 0.2) is 47.4 Å². The number of halogens is 1. The maximum atomic E-state index is 13.1. The minimum atomic E-state index is -3.95. The van der Waals surface area contributed by atoms with Gasteiger partial charge in [0.2, 0.25) is 10.0 Å². The third-order valence-corrected chi connectivity index (χ3v) is 6.05. The highest BCUT2D eigenvalue weighted by Gasteiger charge is 2.38. The second kappa shape index (κ2) is 7.00. The van der Waals surface area contributed by atoms with Gasteiger partial charge in [0, 0.05) is 18.7 Å². The SMILES string of the molecule is COc1ccc(S(=O)(=O)N(Cc2ccc(F)cc2)C2CC2)cc1[N+](=O)[O-]. The van der Waals surface area contributed by atoms with E-state index in [0.717, 1.165) is 18.9 Å². The molecule has 7 nitrogen and oxygen atoms in total. The zero-order chi connectivity index (χ0) is 18.9. The van der Waals surface area contributed by atoms with Crippen molar-refractivity contribution in [3.05, 3.63) is 64.0 Å². The van der Waals surface area contributed by atoms with Crippen LogP contribution in [0.1, 0.15) is 18.4 Å². The smallest absolute Gasteiger partial charge is 0.312 e. The maximum Gasteiger partial charge on any atom is 0.312 e. The Morgan fingerprint density at radius 1 is 1.23 bits per heavy atom. The Morgan fingerprint density at radius 2 is 1.88 bits per heavy atom. The Hall–Kier alpha value is -2.52. The van der Waals surface area contributed by atoms with Gasteiger partial charge in [-0.3, -0.25) is 10.1 Å². The van der Waals surface area contributed by atoms with Gasteiger partial charge in [-0.1, -0.05) is 12.1 Å². The van der Waals surface area contributed by atoms with Gasteiger partial charge in [-0.05, 0) is 42.7 Å². The lowest BCUT2D eigenvalue weighted by Crippen LogP contribution is -2.32. The van der Waals surface area contributed by atoms with Crippen LogP contribution in [0.3, 0.4) is 0 Å². The number of ether oxygens (including phenoxy) is 1. The molecule has 0 unspecified atom stereocenters. The quantitative estimate of drug-likeness (QED) is 0.544. The Morgan fingerprint density at radius 3 is 2.42 bits per heavy atom. The molecule has 1 aliphatic carbocycles. The van der Waals surface area contributed by atoms with Gasteiger partial charge in [0.25, 0.3) is 0 Å². The number of nitrogens with zero attached hydrogens (tertiary/aromatic N) is 2. The summed E-state index contributed by atoms with van der Waals surface area (Å²) in [4.78, 5) is 10.3.